The minimum atomic E-state index is -0.815. The molecule has 0 aliphatic rings. The van der Waals surface area contributed by atoms with Crippen LogP contribution in [0.2, 0.25) is 0 Å². The molecule has 0 N–H and O–H groups in total. The van der Waals surface area contributed by atoms with E-state index in [1.807, 2.05) is 13.8 Å². The maximum absolute atomic E-state index is 14.0. The summed E-state index contributed by atoms with van der Waals surface area (Å²) in [6, 6.07) is 7.40. The Morgan fingerprint density at radius 1 is 1.00 bits per heavy atom. The Labute approximate surface area is 156 Å². The zero-order chi connectivity index (χ0) is 20.6. The van der Waals surface area contributed by atoms with Gasteiger partial charge in [-0.1, -0.05) is 18.2 Å². The Morgan fingerprint density at radius 3 is 2.11 bits per heavy atom. The smallest absolute Gasteiger partial charge is 0.338 e. The average molecular weight is 374 g/mol. The fourth-order valence-electron chi connectivity index (χ4n) is 1.80. The summed E-state index contributed by atoms with van der Waals surface area (Å²) in [6.07, 6.45) is 0. The molecule has 0 fully saturated rings. The number of halogens is 2. The third-order valence-electron chi connectivity index (χ3n) is 2.92. The van der Waals surface area contributed by atoms with Crippen molar-refractivity contribution in [3.05, 3.63) is 72.3 Å². The molecule has 0 amide bonds. The Balaban J connectivity index is 0.000000828. The molecule has 0 atom stereocenters. The molecule has 0 unspecified atom stereocenters. The van der Waals surface area contributed by atoms with Crippen LogP contribution in [0.3, 0.4) is 0 Å². The standard InChI is InChI=1S/C17H12F2O4.C4H8/c1-10(2)17(21)23-16-6-3-11(7-15(16)19)13-5-4-12(22-9-20)8-14(13)18;1-4(2)3/h3-9H,1H2,2H3;1H2,2-3H3. The molecule has 0 radical (unpaired) electrons. The van der Waals surface area contributed by atoms with Gasteiger partial charge in [0.05, 0.1) is 0 Å². The minimum absolute atomic E-state index is 0.0359. The van der Waals surface area contributed by atoms with Gasteiger partial charge in [0.1, 0.15) is 11.6 Å². The first kappa shape index (κ1) is 21.8. The van der Waals surface area contributed by atoms with E-state index in [1.54, 1.807) is 0 Å². The van der Waals surface area contributed by atoms with Crippen LogP contribution in [0.25, 0.3) is 11.1 Å². The lowest BCUT2D eigenvalue weighted by atomic mass is 10.0. The normalized spacial score (nSPS) is 9.52. The fourth-order valence-corrected chi connectivity index (χ4v) is 1.80. The molecule has 2 aromatic carbocycles. The molecule has 142 valence electrons. The minimum Gasteiger partial charge on any atom is -0.429 e. The van der Waals surface area contributed by atoms with Crippen LogP contribution in [0.15, 0.2) is 60.7 Å². The highest BCUT2D eigenvalue weighted by Gasteiger charge is 2.13. The van der Waals surface area contributed by atoms with Crippen LogP contribution in [-0.2, 0) is 9.59 Å². The van der Waals surface area contributed by atoms with Crippen LogP contribution in [-0.4, -0.2) is 12.4 Å². The number of benzene rings is 2. The molecular formula is C21H20F2O4. The molecule has 2 aromatic rings. The van der Waals surface area contributed by atoms with E-state index in [4.69, 9.17) is 4.74 Å². The van der Waals surface area contributed by atoms with Crippen molar-refractivity contribution in [3.63, 3.8) is 0 Å². The van der Waals surface area contributed by atoms with Crippen LogP contribution in [0.1, 0.15) is 20.8 Å². The molecule has 4 nitrogen and oxygen atoms in total. The first-order valence-corrected chi connectivity index (χ1v) is 7.85. The van der Waals surface area contributed by atoms with Gasteiger partial charge < -0.3 is 9.47 Å². The van der Waals surface area contributed by atoms with Crippen molar-refractivity contribution in [3.8, 4) is 22.6 Å². The third-order valence-corrected chi connectivity index (χ3v) is 2.92. The van der Waals surface area contributed by atoms with Crippen molar-refractivity contribution < 1.29 is 27.8 Å². The van der Waals surface area contributed by atoms with Gasteiger partial charge in [-0.05, 0) is 50.6 Å². The number of allylic oxidation sites excluding steroid dienone is 1. The summed E-state index contributed by atoms with van der Waals surface area (Å²) in [4.78, 5) is 21.6. The van der Waals surface area contributed by atoms with E-state index in [0.717, 1.165) is 12.1 Å². The summed E-state index contributed by atoms with van der Waals surface area (Å²) in [6.45, 7) is 12.5. The van der Waals surface area contributed by atoms with Crippen molar-refractivity contribution >= 4 is 12.4 Å². The van der Waals surface area contributed by atoms with E-state index in [9.17, 15) is 18.4 Å². The van der Waals surface area contributed by atoms with Crippen molar-refractivity contribution in [1.29, 1.82) is 0 Å². The first-order valence-electron chi connectivity index (χ1n) is 7.85. The molecule has 0 bridgehead atoms. The molecule has 0 aliphatic carbocycles. The van der Waals surface area contributed by atoms with Crippen molar-refractivity contribution in [2.24, 2.45) is 0 Å². The van der Waals surface area contributed by atoms with Gasteiger partial charge in [0, 0.05) is 17.2 Å². The Morgan fingerprint density at radius 2 is 1.63 bits per heavy atom. The molecule has 0 saturated heterocycles. The Bertz CT molecular complexity index is 868. The number of hydrogen-bond donors (Lipinski definition) is 0. The quantitative estimate of drug-likeness (QED) is 0.236. The molecule has 0 heterocycles. The Kier molecular flexibility index (Phi) is 8.07. The summed E-state index contributed by atoms with van der Waals surface area (Å²) in [5.74, 6) is -2.49. The average Bonchev–Trinajstić information content (AvgIpc) is 2.56. The fraction of sp³-hybridized carbons (Fsp3) is 0.143. The number of carbonyl (C=O) groups excluding carboxylic acids is 2. The van der Waals surface area contributed by atoms with Crippen LogP contribution in [0.5, 0.6) is 11.5 Å². The predicted molar refractivity (Wildman–Crippen MR) is 99.4 cm³/mol. The molecule has 6 heteroatoms. The van der Waals surface area contributed by atoms with E-state index < -0.39 is 17.6 Å². The van der Waals surface area contributed by atoms with Gasteiger partial charge in [-0.25, -0.2) is 13.6 Å². The van der Waals surface area contributed by atoms with Crippen LogP contribution in [0.4, 0.5) is 8.78 Å². The van der Waals surface area contributed by atoms with Crippen molar-refractivity contribution in [1.82, 2.24) is 0 Å². The van der Waals surface area contributed by atoms with Gasteiger partial charge in [-0.2, -0.15) is 0 Å². The van der Waals surface area contributed by atoms with E-state index in [1.165, 1.54) is 36.8 Å². The molecule has 27 heavy (non-hydrogen) atoms. The van der Waals surface area contributed by atoms with E-state index in [0.29, 0.717) is 0 Å². The molecular weight excluding hydrogens is 354 g/mol. The predicted octanol–water partition coefficient (Wildman–Crippen LogP) is 5.23. The van der Waals surface area contributed by atoms with E-state index >= 15 is 0 Å². The van der Waals surface area contributed by atoms with E-state index in [-0.39, 0.29) is 34.7 Å². The highest BCUT2D eigenvalue weighted by Crippen LogP contribution is 2.29. The summed E-state index contributed by atoms with van der Waals surface area (Å²) in [5.41, 5.74) is 1.65. The maximum Gasteiger partial charge on any atom is 0.338 e. The molecule has 2 rings (SSSR count). The largest absolute Gasteiger partial charge is 0.429 e. The molecule has 0 aliphatic heterocycles. The highest BCUT2D eigenvalue weighted by molar-refractivity contribution is 5.88. The summed E-state index contributed by atoms with van der Waals surface area (Å²) >= 11 is 0. The number of rotatable bonds is 5. The zero-order valence-electron chi connectivity index (χ0n) is 15.3. The maximum atomic E-state index is 14.0. The summed E-state index contributed by atoms with van der Waals surface area (Å²) < 4.78 is 37.3. The second kappa shape index (κ2) is 10.0. The zero-order valence-corrected chi connectivity index (χ0v) is 15.3. The number of esters is 1. The third kappa shape index (κ3) is 6.86. The van der Waals surface area contributed by atoms with Gasteiger partial charge in [0.15, 0.2) is 11.6 Å². The number of hydrogen-bond acceptors (Lipinski definition) is 4. The lowest BCUT2D eigenvalue weighted by molar-refractivity contribution is -0.130. The summed E-state index contributed by atoms with van der Waals surface area (Å²) in [5, 5.41) is 0. The van der Waals surface area contributed by atoms with Crippen LogP contribution >= 0.6 is 0 Å². The second-order valence-electron chi connectivity index (χ2n) is 5.88. The van der Waals surface area contributed by atoms with Crippen LogP contribution in [0, 0.1) is 11.6 Å². The highest BCUT2D eigenvalue weighted by atomic mass is 19.1. The Hall–Kier alpha value is -3.28. The lowest BCUT2D eigenvalue weighted by Crippen LogP contribution is -2.09. The van der Waals surface area contributed by atoms with Gasteiger partial charge in [0.2, 0.25) is 0 Å². The molecule has 0 aromatic heterocycles. The lowest BCUT2D eigenvalue weighted by Gasteiger charge is -2.09. The van der Waals surface area contributed by atoms with Gasteiger partial charge in [-0.15, -0.1) is 6.58 Å². The SMILES string of the molecule is C=C(C)C.C=C(C)C(=O)Oc1ccc(-c2ccc(OC=O)cc2F)cc1F. The number of carbonyl (C=O) groups is 2. The van der Waals surface area contributed by atoms with Gasteiger partial charge in [0.25, 0.3) is 6.47 Å². The second-order valence-corrected chi connectivity index (χ2v) is 5.88. The van der Waals surface area contributed by atoms with Crippen LogP contribution < -0.4 is 9.47 Å². The van der Waals surface area contributed by atoms with Crippen molar-refractivity contribution in [2.45, 2.75) is 20.8 Å². The molecule has 0 spiro atoms. The number of ether oxygens (including phenoxy) is 2. The topological polar surface area (TPSA) is 52.6 Å². The first-order chi connectivity index (χ1) is 12.6. The van der Waals surface area contributed by atoms with E-state index in [2.05, 4.69) is 17.9 Å². The molecule has 0 saturated carbocycles. The monoisotopic (exact) mass is 374 g/mol. The van der Waals surface area contributed by atoms with Crippen molar-refractivity contribution in [2.75, 3.05) is 0 Å². The van der Waals surface area contributed by atoms with Gasteiger partial charge >= 0.3 is 5.97 Å². The van der Waals surface area contributed by atoms with Gasteiger partial charge in [-0.3, -0.25) is 4.79 Å². The summed E-state index contributed by atoms with van der Waals surface area (Å²) in [7, 11) is 0.